The summed E-state index contributed by atoms with van der Waals surface area (Å²) in [4.78, 5) is 24.5. The molecule has 5 N–H and O–H groups in total. The maximum Gasteiger partial charge on any atom is 0.318 e. The van der Waals surface area contributed by atoms with Crippen LogP contribution < -0.4 is 21.7 Å². The molecular weight excluding hydrogens is 409 g/mol. The van der Waals surface area contributed by atoms with Crippen LogP contribution in [-0.4, -0.2) is 52.4 Å². The van der Waals surface area contributed by atoms with Gasteiger partial charge in [-0.2, -0.15) is 0 Å². The van der Waals surface area contributed by atoms with E-state index >= 15 is 0 Å². The molecule has 0 bridgehead atoms. The first-order valence-electron chi connectivity index (χ1n) is 7.00. The quantitative estimate of drug-likeness (QED) is 0.249. The van der Waals surface area contributed by atoms with Crippen molar-refractivity contribution in [2.75, 3.05) is 26.0 Å². The zero-order chi connectivity index (χ0) is 19.2. The first kappa shape index (κ1) is 21.7. The molecule has 0 aliphatic rings. The Bertz CT molecular complexity index is 634. The van der Waals surface area contributed by atoms with Crippen molar-refractivity contribution in [2.45, 2.75) is 9.96 Å². The molecule has 1 rings (SSSR count). The minimum Gasteiger partial charge on any atom is -0.339 e. The molecule has 0 aliphatic carbocycles. The number of carbonyl (C=O) groups is 2. The zero-order valence-electron chi connectivity index (χ0n) is 13.5. The van der Waals surface area contributed by atoms with Gasteiger partial charge in [0.1, 0.15) is 0 Å². The van der Waals surface area contributed by atoms with Crippen LogP contribution in [-0.2, 0) is 0 Å². The highest BCUT2D eigenvalue weighted by molar-refractivity contribution is 7.80. The summed E-state index contributed by atoms with van der Waals surface area (Å²) < 4.78 is -1.84. The third-order valence-electron chi connectivity index (χ3n) is 2.93. The summed E-state index contributed by atoms with van der Waals surface area (Å²) in [7, 11) is 3.09. The van der Waals surface area contributed by atoms with E-state index in [0.717, 1.165) is 0 Å². The van der Waals surface area contributed by atoms with Gasteiger partial charge in [0.05, 0.1) is 6.54 Å². The highest BCUT2D eigenvalue weighted by Gasteiger charge is 2.35. The molecule has 0 saturated heterocycles. The standard InChI is InChI=1S/C14H18Cl3N5O2S/c1-22(2)13(24)21-11(14(15,16)17)20-12(25)19-9-5-3-8(4-6-9)10(23)7-18/h3-6,11H,7,18H2,1-2H3,(H,21,24)(H2,19,20,25). The maximum atomic E-state index is 11.8. The number of halogens is 3. The van der Waals surface area contributed by atoms with Crippen LogP contribution in [0, 0.1) is 0 Å². The lowest BCUT2D eigenvalue weighted by atomic mass is 10.1. The Labute approximate surface area is 166 Å². The van der Waals surface area contributed by atoms with E-state index in [9.17, 15) is 9.59 Å². The largest absolute Gasteiger partial charge is 0.339 e. The summed E-state index contributed by atoms with van der Waals surface area (Å²) in [6.45, 7) is -0.0662. The predicted octanol–water partition coefficient (Wildman–Crippen LogP) is 2.08. The van der Waals surface area contributed by atoms with Gasteiger partial charge in [-0.25, -0.2) is 4.79 Å². The van der Waals surface area contributed by atoms with Gasteiger partial charge in [0.15, 0.2) is 17.1 Å². The second-order valence-electron chi connectivity index (χ2n) is 5.12. The number of hydrogen-bond donors (Lipinski definition) is 4. The number of nitrogens with one attached hydrogen (secondary N) is 3. The Balaban J connectivity index is 2.74. The van der Waals surface area contributed by atoms with Crippen molar-refractivity contribution >= 4 is 69.6 Å². The summed E-state index contributed by atoms with van der Waals surface area (Å²) in [6, 6.07) is 6.07. The van der Waals surface area contributed by atoms with Crippen molar-refractivity contribution in [2.24, 2.45) is 5.73 Å². The highest BCUT2D eigenvalue weighted by Crippen LogP contribution is 2.29. The summed E-state index contributed by atoms with van der Waals surface area (Å²) in [5.41, 5.74) is 6.40. The first-order chi connectivity index (χ1) is 11.5. The zero-order valence-corrected chi connectivity index (χ0v) is 16.6. The van der Waals surface area contributed by atoms with E-state index in [1.807, 2.05) is 0 Å². The Morgan fingerprint density at radius 1 is 1.20 bits per heavy atom. The molecule has 11 heteroatoms. The van der Waals surface area contributed by atoms with Gasteiger partial charge in [0.2, 0.25) is 3.79 Å². The number of hydrogen-bond acceptors (Lipinski definition) is 4. The summed E-state index contributed by atoms with van der Waals surface area (Å²) in [5, 5.41) is 8.20. The fraction of sp³-hybridized carbons (Fsp3) is 0.357. The van der Waals surface area contributed by atoms with E-state index < -0.39 is 16.0 Å². The van der Waals surface area contributed by atoms with Gasteiger partial charge in [-0.05, 0) is 36.5 Å². The number of nitrogens with zero attached hydrogens (tertiary/aromatic N) is 1. The average molecular weight is 427 g/mol. The van der Waals surface area contributed by atoms with E-state index in [2.05, 4.69) is 16.0 Å². The van der Waals surface area contributed by atoms with Gasteiger partial charge in [-0.3, -0.25) is 4.79 Å². The predicted molar refractivity (Wildman–Crippen MR) is 105 cm³/mol. The van der Waals surface area contributed by atoms with Gasteiger partial charge >= 0.3 is 6.03 Å². The highest BCUT2D eigenvalue weighted by atomic mass is 35.6. The SMILES string of the molecule is CN(C)C(=O)NC(NC(=S)Nc1ccc(C(=O)CN)cc1)C(Cl)(Cl)Cl. The molecule has 7 nitrogen and oxygen atoms in total. The number of alkyl halides is 3. The Morgan fingerprint density at radius 2 is 1.76 bits per heavy atom. The Hall–Kier alpha value is -1.32. The second-order valence-corrected chi connectivity index (χ2v) is 7.90. The van der Waals surface area contributed by atoms with Crippen molar-refractivity contribution in [3.63, 3.8) is 0 Å². The molecular formula is C14H18Cl3N5O2S. The smallest absolute Gasteiger partial charge is 0.318 e. The van der Waals surface area contributed by atoms with Crippen molar-refractivity contribution in [1.82, 2.24) is 15.5 Å². The molecule has 1 aromatic carbocycles. The summed E-state index contributed by atoms with van der Waals surface area (Å²) in [6.07, 6.45) is -1.06. The van der Waals surface area contributed by atoms with Crippen LogP contribution in [0.3, 0.4) is 0 Å². The van der Waals surface area contributed by atoms with E-state index in [0.29, 0.717) is 11.3 Å². The van der Waals surface area contributed by atoms with Gasteiger partial charge in [-0.15, -0.1) is 0 Å². The number of amides is 2. The Morgan fingerprint density at radius 3 is 2.20 bits per heavy atom. The number of ketones is 1. The summed E-state index contributed by atoms with van der Waals surface area (Å²) >= 11 is 22.8. The van der Waals surface area contributed by atoms with Crippen LogP contribution >= 0.6 is 47.0 Å². The molecule has 2 amide bonds. The molecule has 0 fully saturated rings. The van der Waals surface area contributed by atoms with Gasteiger partial charge < -0.3 is 26.6 Å². The number of rotatable bonds is 5. The third kappa shape index (κ3) is 7.21. The molecule has 0 heterocycles. The molecule has 25 heavy (non-hydrogen) atoms. The van der Waals surface area contributed by atoms with Gasteiger partial charge in [-0.1, -0.05) is 34.8 Å². The number of carbonyl (C=O) groups excluding carboxylic acids is 2. The number of benzene rings is 1. The minimum atomic E-state index is -1.84. The average Bonchev–Trinajstić information content (AvgIpc) is 2.53. The molecule has 1 atom stereocenters. The topological polar surface area (TPSA) is 99.5 Å². The first-order valence-corrected chi connectivity index (χ1v) is 8.54. The molecule has 1 aromatic rings. The van der Waals surface area contributed by atoms with Crippen LogP contribution in [0.2, 0.25) is 0 Å². The molecule has 0 spiro atoms. The Kier molecular flexibility index (Phi) is 8.17. The maximum absolute atomic E-state index is 11.8. The second kappa shape index (κ2) is 9.40. The number of nitrogens with two attached hydrogens (primary N) is 1. The van der Waals surface area contributed by atoms with E-state index in [1.54, 1.807) is 38.4 Å². The van der Waals surface area contributed by atoms with E-state index in [4.69, 9.17) is 52.8 Å². The van der Waals surface area contributed by atoms with Crippen LogP contribution in [0.15, 0.2) is 24.3 Å². The molecule has 0 aromatic heterocycles. The number of anilines is 1. The molecule has 0 radical (unpaired) electrons. The van der Waals surface area contributed by atoms with Crippen molar-refractivity contribution in [1.29, 1.82) is 0 Å². The van der Waals surface area contributed by atoms with Crippen LogP contribution in [0.5, 0.6) is 0 Å². The van der Waals surface area contributed by atoms with Gasteiger partial charge in [0.25, 0.3) is 0 Å². The van der Waals surface area contributed by atoms with Crippen molar-refractivity contribution in [3.05, 3.63) is 29.8 Å². The van der Waals surface area contributed by atoms with E-state index in [-0.39, 0.29) is 17.4 Å². The van der Waals surface area contributed by atoms with Gasteiger partial charge in [0, 0.05) is 25.3 Å². The van der Waals surface area contributed by atoms with E-state index in [1.165, 1.54) is 4.90 Å². The normalized spacial score (nSPS) is 12.1. The molecule has 138 valence electrons. The molecule has 1 unspecified atom stereocenters. The molecule has 0 aliphatic heterocycles. The van der Waals surface area contributed by atoms with Crippen molar-refractivity contribution < 1.29 is 9.59 Å². The lowest BCUT2D eigenvalue weighted by molar-refractivity contribution is 0.100. The monoisotopic (exact) mass is 425 g/mol. The number of thiocarbonyl (C=S) groups is 1. The minimum absolute atomic E-state index is 0.0662. The third-order valence-corrected chi connectivity index (χ3v) is 3.80. The van der Waals surface area contributed by atoms with Crippen LogP contribution in [0.4, 0.5) is 10.5 Å². The van der Waals surface area contributed by atoms with Crippen LogP contribution in [0.1, 0.15) is 10.4 Å². The fourth-order valence-electron chi connectivity index (χ4n) is 1.61. The summed E-state index contributed by atoms with van der Waals surface area (Å²) in [5.74, 6) is -0.171. The molecule has 0 saturated carbocycles. The number of Topliss-reactive ketones (excluding diaryl/α,β-unsaturated/α-hetero) is 1. The van der Waals surface area contributed by atoms with Crippen LogP contribution in [0.25, 0.3) is 0 Å². The van der Waals surface area contributed by atoms with Crippen molar-refractivity contribution in [3.8, 4) is 0 Å². The lowest BCUT2D eigenvalue weighted by Gasteiger charge is -2.28. The fourth-order valence-corrected chi connectivity index (χ4v) is 2.17. The lowest BCUT2D eigenvalue weighted by Crippen LogP contribution is -2.57. The number of urea groups is 1.